The highest BCUT2D eigenvalue weighted by atomic mass is 31.2. The zero-order valence-corrected chi connectivity index (χ0v) is 50.0. The predicted octanol–water partition coefficient (Wildman–Crippen LogP) is 12.0. The minimum Gasteiger partial charge on any atom is -0.481 e. The lowest BCUT2D eigenvalue weighted by molar-refractivity contribution is -0.175. The molecule has 3 N–H and O–H groups in total. The number of hydrogen-bond donors (Lipinski definition) is 3. The van der Waals surface area contributed by atoms with E-state index in [0.717, 1.165) is 22.3 Å². The third-order valence-corrected chi connectivity index (χ3v) is 22.4. The number of carbonyl (C=O) groups excluding carboxylic acids is 4. The number of rotatable bonds is 17. The van der Waals surface area contributed by atoms with Crippen LogP contribution in [-0.4, -0.2) is 121 Å². The van der Waals surface area contributed by atoms with Crippen molar-refractivity contribution in [3.63, 3.8) is 0 Å². The standard InChI is InChI=1S/C22H25O5P.C17H16O4.C8H13O5P.C7H13O3P.C5H9OP.H2/c1-28(25)14-12-22(13-15-28,20(23)26-16-18-8-4-2-5-9-18)21(24)27-17-19-10-6-3-7-11-19;18-16(20-12-14-7-3-1-4-8-14)11-17(19)21-13-15-9-5-2-6-10-15;1-14(13)4-2-8(3-5-14,6(9)10)7(11)12;1-11(10)4-2-6(3-5-11)7(8)9;1-4-7(3,6)5-2;/h2-11H,12-17H2,1H3;1-10H,11-13H2;2-5H2,1H3,(H,9,10)(H,11,12);6H,2-5H2,1H3,(H,8,9);4-5H,1-2H2,3H3;1H. The molecular formula is C59H78O18P4. The van der Waals surface area contributed by atoms with Crippen LogP contribution < -0.4 is 0 Å². The van der Waals surface area contributed by atoms with E-state index in [2.05, 4.69) is 13.2 Å². The largest absolute Gasteiger partial charge is 0.481 e. The van der Waals surface area contributed by atoms with E-state index in [0.29, 0.717) is 37.5 Å². The first-order valence-electron chi connectivity index (χ1n) is 26.1. The lowest BCUT2D eigenvalue weighted by atomic mass is 9.82. The first-order valence-corrected chi connectivity index (χ1v) is 36.0. The third-order valence-electron chi connectivity index (χ3n) is 13.8. The van der Waals surface area contributed by atoms with Gasteiger partial charge >= 0.3 is 41.8 Å². The highest BCUT2D eigenvalue weighted by Crippen LogP contribution is 2.54. The lowest BCUT2D eigenvalue weighted by Gasteiger charge is -2.35. The number of ether oxygens (including phenoxy) is 4. The number of hydrogen-bond acceptors (Lipinski definition) is 15. The first kappa shape index (κ1) is 68.8. The molecular weight excluding hydrogens is 1120 g/mol. The zero-order valence-electron chi connectivity index (χ0n) is 46.5. The van der Waals surface area contributed by atoms with Crippen LogP contribution in [0.4, 0.5) is 0 Å². The molecule has 22 heteroatoms. The Morgan fingerprint density at radius 1 is 0.506 bits per heavy atom. The Balaban J connectivity index is 0.000000375. The Hall–Kier alpha value is -6.43. The third kappa shape index (κ3) is 24.7. The van der Waals surface area contributed by atoms with Crippen LogP contribution in [0, 0.1) is 16.7 Å². The van der Waals surface area contributed by atoms with Crippen LogP contribution in [0.25, 0.3) is 0 Å². The summed E-state index contributed by atoms with van der Waals surface area (Å²) >= 11 is 0. The van der Waals surface area contributed by atoms with Crippen LogP contribution in [0.3, 0.4) is 0 Å². The second-order valence-corrected chi connectivity index (χ2v) is 33.9. The highest BCUT2D eigenvalue weighted by Gasteiger charge is 2.53. The second kappa shape index (κ2) is 32.9. The molecule has 0 bridgehead atoms. The summed E-state index contributed by atoms with van der Waals surface area (Å²) in [5.74, 6) is -3.09. The van der Waals surface area contributed by atoms with Crippen molar-refractivity contribution in [2.45, 2.75) is 71.4 Å². The van der Waals surface area contributed by atoms with Crippen molar-refractivity contribution < 1.29 is 87.5 Å². The van der Waals surface area contributed by atoms with E-state index in [4.69, 9.17) is 34.3 Å². The van der Waals surface area contributed by atoms with E-state index < -0.39 is 81.2 Å². The van der Waals surface area contributed by atoms with Gasteiger partial charge in [0, 0.05) is 38.4 Å². The first-order chi connectivity index (χ1) is 38.1. The molecule has 0 radical (unpaired) electrons. The van der Waals surface area contributed by atoms with Gasteiger partial charge in [0.15, 0.2) is 10.8 Å². The smallest absolute Gasteiger partial charge is 0.323 e. The summed E-state index contributed by atoms with van der Waals surface area (Å²) in [7, 11) is -8.64. The van der Waals surface area contributed by atoms with Gasteiger partial charge in [-0.05, 0) is 99.1 Å². The van der Waals surface area contributed by atoms with Crippen molar-refractivity contribution in [2.24, 2.45) is 16.7 Å². The van der Waals surface area contributed by atoms with Gasteiger partial charge in [-0.2, -0.15) is 0 Å². The number of carbonyl (C=O) groups is 7. The molecule has 7 rings (SSSR count). The normalized spacial score (nSPS) is 18.9. The molecule has 0 saturated carbocycles. The topological polar surface area (TPSA) is 285 Å². The molecule has 18 nitrogen and oxygen atoms in total. The van der Waals surface area contributed by atoms with Gasteiger partial charge in [0.2, 0.25) is 0 Å². The van der Waals surface area contributed by atoms with E-state index in [1.165, 1.54) is 11.6 Å². The van der Waals surface area contributed by atoms with Crippen LogP contribution in [-0.2, 0) is 97.2 Å². The molecule has 3 aliphatic heterocycles. The molecule has 0 spiro atoms. The summed E-state index contributed by atoms with van der Waals surface area (Å²) in [5.41, 5.74) is 0.366. The molecule has 0 aliphatic carbocycles. The maximum Gasteiger partial charge on any atom is 0.323 e. The van der Waals surface area contributed by atoms with Gasteiger partial charge in [-0.1, -0.05) is 134 Å². The average Bonchev–Trinajstić information content (AvgIpc) is 3.65. The Bertz CT molecular complexity index is 2780. The quantitative estimate of drug-likeness (QED) is 0.0383. The van der Waals surface area contributed by atoms with E-state index in [9.17, 15) is 51.8 Å². The molecule has 3 aliphatic rings. The minimum atomic E-state index is -2.32. The molecule has 4 aromatic rings. The summed E-state index contributed by atoms with van der Waals surface area (Å²) in [4.78, 5) is 81.1. The summed E-state index contributed by atoms with van der Waals surface area (Å²) in [6.07, 6.45) is 3.51. The van der Waals surface area contributed by atoms with Crippen molar-refractivity contribution in [3.05, 3.63) is 168 Å². The fourth-order valence-corrected chi connectivity index (χ4v) is 14.0. The van der Waals surface area contributed by atoms with E-state index in [1.807, 2.05) is 121 Å². The second-order valence-electron chi connectivity index (χ2n) is 20.6. The molecule has 4 aromatic carbocycles. The summed E-state index contributed by atoms with van der Waals surface area (Å²) in [6.45, 7) is 14.0. The van der Waals surface area contributed by atoms with Crippen molar-refractivity contribution in [1.82, 2.24) is 0 Å². The Labute approximate surface area is 476 Å². The van der Waals surface area contributed by atoms with E-state index in [1.54, 1.807) is 26.7 Å². The fraction of sp³-hybridized carbons (Fsp3) is 0.407. The van der Waals surface area contributed by atoms with Crippen molar-refractivity contribution >= 4 is 70.4 Å². The van der Waals surface area contributed by atoms with Crippen LogP contribution in [0.5, 0.6) is 0 Å². The van der Waals surface area contributed by atoms with Crippen LogP contribution in [0.2, 0.25) is 0 Å². The van der Waals surface area contributed by atoms with Gasteiger partial charge in [0.25, 0.3) is 0 Å². The fourth-order valence-electron chi connectivity index (χ4n) is 8.05. The average molecular weight is 1200 g/mol. The highest BCUT2D eigenvalue weighted by molar-refractivity contribution is 7.69. The Morgan fingerprint density at radius 3 is 1.04 bits per heavy atom. The van der Waals surface area contributed by atoms with Crippen LogP contribution >= 0.6 is 28.6 Å². The molecule has 3 fully saturated rings. The SMILES string of the molecule is C=CP(C)(=O)C=C.CP1(=O)CCC(C(=O)O)(C(=O)O)CC1.CP1(=O)CCC(C(=O)O)CC1.CP1(=O)CCC(C(=O)OCc2ccccc2)(C(=O)OCc2ccccc2)CC1.O=C(CC(=O)OCc1ccccc1)OCc1ccccc1.[HH]. The number of aliphatic carboxylic acids is 3. The molecule has 0 unspecified atom stereocenters. The maximum absolute atomic E-state index is 12.9. The molecule has 3 saturated heterocycles. The predicted molar refractivity (Wildman–Crippen MR) is 314 cm³/mol. The Morgan fingerprint density at radius 2 is 0.778 bits per heavy atom. The lowest BCUT2D eigenvalue weighted by Crippen LogP contribution is -2.45. The maximum atomic E-state index is 12.9. The summed E-state index contributed by atoms with van der Waals surface area (Å²) in [6, 6.07) is 37.2. The van der Waals surface area contributed by atoms with Gasteiger partial charge in [-0.15, -0.1) is 0 Å². The van der Waals surface area contributed by atoms with Gasteiger partial charge in [-0.3, -0.25) is 33.6 Å². The summed E-state index contributed by atoms with van der Waals surface area (Å²) in [5, 5.41) is 26.3. The van der Waals surface area contributed by atoms with Gasteiger partial charge in [0.1, 0.15) is 40.0 Å². The van der Waals surface area contributed by atoms with Gasteiger partial charge < -0.3 is 52.5 Å². The molecule has 3 heterocycles. The molecule has 81 heavy (non-hydrogen) atoms. The molecule has 0 atom stereocenters. The summed E-state index contributed by atoms with van der Waals surface area (Å²) < 4.78 is 67.1. The number of carboxylic acid groups (broad SMARTS) is 3. The molecule has 0 amide bonds. The monoisotopic (exact) mass is 1200 g/mol. The Kier molecular flexibility index (Phi) is 27.9. The van der Waals surface area contributed by atoms with Crippen molar-refractivity contribution in [3.8, 4) is 0 Å². The van der Waals surface area contributed by atoms with Crippen molar-refractivity contribution in [1.29, 1.82) is 0 Å². The van der Waals surface area contributed by atoms with Crippen molar-refractivity contribution in [2.75, 3.05) is 63.6 Å². The molecule has 0 aromatic heterocycles. The van der Waals surface area contributed by atoms with Crippen LogP contribution in [0.15, 0.2) is 146 Å². The molecule has 442 valence electrons. The minimum absolute atomic E-state index is 0. The number of esters is 4. The van der Waals surface area contributed by atoms with Gasteiger partial charge in [-0.25, -0.2) is 0 Å². The van der Waals surface area contributed by atoms with E-state index >= 15 is 0 Å². The number of benzene rings is 4. The van der Waals surface area contributed by atoms with E-state index in [-0.39, 0.29) is 78.2 Å². The van der Waals surface area contributed by atoms with Gasteiger partial charge in [0.05, 0.1) is 27.3 Å². The zero-order chi connectivity index (χ0) is 60.3. The van der Waals surface area contributed by atoms with Crippen LogP contribution in [0.1, 0.15) is 68.6 Å². The number of carboxylic acids is 3.